The maximum atomic E-state index is 2.33. The summed E-state index contributed by atoms with van der Waals surface area (Å²) in [4.78, 5) is 0. The molecule has 1 aromatic carbocycles. The third kappa shape index (κ3) is 3.23. The fourth-order valence-electron chi connectivity index (χ4n) is 2.16. The molecule has 0 saturated carbocycles. The first-order valence-electron chi connectivity index (χ1n) is 6.41. The fourth-order valence-corrected chi connectivity index (χ4v) is 2.16. The van der Waals surface area contributed by atoms with Gasteiger partial charge < -0.3 is 0 Å². The Bertz CT molecular complexity index is 347. The van der Waals surface area contributed by atoms with Crippen molar-refractivity contribution < 1.29 is 0 Å². The van der Waals surface area contributed by atoms with E-state index in [0.717, 1.165) is 6.42 Å². The molecule has 88 valence electrons. The highest BCUT2D eigenvalue weighted by molar-refractivity contribution is 5.35. The zero-order chi connectivity index (χ0) is 12.0. The van der Waals surface area contributed by atoms with E-state index in [1.165, 1.54) is 29.5 Å². The Hall–Kier alpha value is -1.04. The second kappa shape index (κ2) is 6.52. The lowest BCUT2D eigenvalue weighted by Gasteiger charge is -2.17. The van der Waals surface area contributed by atoms with Gasteiger partial charge in [-0.3, -0.25) is 0 Å². The minimum atomic E-state index is 0.683. The third-order valence-electron chi connectivity index (χ3n) is 3.40. The van der Waals surface area contributed by atoms with E-state index in [-0.39, 0.29) is 0 Å². The number of hydrogen-bond acceptors (Lipinski definition) is 0. The van der Waals surface area contributed by atoms with Gasteiger partial charge in [-0.05, 0) is 55.7 Å². The van der Waals surface area contributed by atoms with Crippen LogP contribution in [0, 0.1) is 13.8 Å². The minimum Gasteiger partial charge on any atom is -0.0888 e. The lowest BCUT2D eigenvalue weighted by atomic mass is 9.88. The number of rotatable bonds is 5. The van der Waals surface area contributed by atoms with Crippen molar-refractivity contribution in [2.75, 3.05) is 0 Å². The topological polar surface area (TPSA) is 0 Å². The SMILES string of the molecule is CC/C=C\CC(CC)c1cccc(C)c1C. The van der Waals surface area contributed by atoms with E-state index in [1.54, 1.807) is 0 Å². The van der Waals surface area contributed by atoms with Gasteiger partial charge in [0.2, 0.25) is 0 Å². The second-order valence-corrected chi connectivity index (χ2v) is 4.51. The van der Waals surface area contributed by atoms with Gasteiger partial charge in [-0.15, -0.1) is 0 Å². The second-order valence-electron chi connectivity index (χ2n) is 4.51. The van der Waals surface area contributed by atoms with Gasteiger partial charge in [0.25, 0.3) is 0 Å². The molecule has 0 aliphatic carbocycles. The summed E-state index contributed by atoms with van der Waals surface area (Å²) < 4.78 is 0. The molecule has 0 spiro atoms. The molecule has 16 heavy (non-hydrogen) atoms. The standard InChI is InChI=1S/C16H24/c1-5-7-8-11-15(6-2)16-12-9-10-13(3)14(16)4/h7-10,12,15H,5-6,11H2,1-4H3/b8-7-. The van der Waals surface area contributed by atoms with E-state index in [0.29, 0.717) is 5.92 Å². The predicted molar refractivity (Wildman–Crippen MR) is 73.0 cm³/mol. The summed E-state index contributed by atoms with van der Waals surface area (Å²) in [6.45, 7) is 8.92. The fraction of sp³-hybridized carbons (Fsp3) is 0.500. The molecule has 0 N–H and O–H groups in total. The minimum absolute atomic E-state index is 0.683. The Labute approximate surface area is 100 Å². The summed E-state index contributed by atoms with van der Waals surface area (Å²) in [5.41, 5.74) is 4.41. The Balaban J connectivity index is 2.86. The van der Waals surface area contributed by atoms with Crippen LogP contribution in [-0.2, 0) is 0 Å². The van der Waals surface area contributed by atoms with Crippen molar-refractivity contribution >= 4 is 0 Å². The van der Waals surface area contributed by atoms with E-state index >= 15 is 0 Å². The van der Waals surface area contributed by atoms with Crippen molar-refractivity contribution in [1.29, 1.82) is 0 Å². The van der Waals surface area contributed by atoms with E-state index in [4.69, 9.17) is 0 Å². The monoisotopic (exact) mass is 216 g/mol. The molecule has 0 nitrogen and oxygen atoms in total. The van der Waals surface area contributed by atoms with Crippen LogP contribution in [-0.4, -0.2) is 0 Å². The Morgan fingerprint density at radius 3 is 2.50 bits per heavy atom. The summed E-state index contributed by atoms with van der Waals surface area (Å²) in [7, 11) is 0. The van der Waals surface area contributed by atoms with Crippen LogP contribution in [0.3, 0.4) is 0 Å². The Morgan fingerprint density at radius 1 is 1.12 bits per heavy atom. The Kier molecular flexibility index (Phi) is 5.31. The molecule has 0 aliphatic heterocycles. The van der Waals surface area contributed by atoms with Gasteiger partial charge in [0, 0.05) is 0 Å². The van der Waals surface area contributed by atoms with Gasteiger partial charge in [-0.25, -0.2) is 0 Å². The number of allylic oxidation sites excluding steroid dienone is 2. The maximum absolute atomic E-state index is 2.33. The highest BCUT2D eigenvalue weighted by atomic mass is 14.2. The van der Waals surface area contributed by atoms with Gasteiger partial charge >= 0.3 is 0 Å². The molecule has 0 aliphatic rings. The van der Waals surface area contributed by atoms with E-state index in [1.807, 2.05) is 0 Å². The van der Waals surface area contributed by atoms with Gasteiger partial charge in [-0.2, -0.15) is 0 Å². The maximum Gasteiger partial charge on any atom is -0.0127 e. The van der Waals surface area contributed by atoms with Crippen LogP contribution >= 0.6 is 0 Å². The van der Waals surface area contributed by atoms with E-state index in [9.17, 15) is 0 Å². The van der Waals surface area contributed by atoms with Crippen molar-refractivity contribution in [3.8, 4) is 0 Å². The zero-order valence-electron chi connectivity index (χ0n) is 11.1. The van der Waals surface area contributed by atoms with Crippen molar-refractivity contribution in [1.82, 2.24) is 0 Å². The molecule has 1 unspecified atom stereocenters. The smallest absolute Gasteiger partial charge is 0.0127 e. The summed E-state index contributed by atoms with van der Waals surface area (Å²) in [6.07, 6.45) is 8.14. The molecule has 1 aromatic rings. The molecule has 0 heterocycles. The highest BCUT2D eigenvalue weighted by Crippen LogP contribution is 2.28. The molecule has 0 aromatic heterocycles. The molecule has 1 rings (SSSR count). The molecule has 0 radical (unpaired) electrons. The van der Waals surface area contributed by atoms with Crippen LogP contribution in [0.4, 0.5) is 0 Å². The number of aryl methyl sites for hydroxylation is 1. The summed E-state index contributed by atoms with van der Waals surface area (Å²) in [6, 6.07) is 6.67. The first-order valence-corrected chi connectivity index (χ1v) is 6.41. The lowest BCUT2D eigenvalue weighted by molar-refractivity contribution is 0.668. The molecule has 0 fully saturated rings. The van der Waals surface area contributed by atoms with Gasteiger partial charge in [0.05, 0.1) is 0 Å². The lowest BCUT2D eigenvalue weighted by Crippen LogP contribution is -2.00. The molecule has 0 saturated heterocycles. The van der Waals surface area contributed by atoms with Crippen LogP contribution in [0.1, 0.15) is 55.7 Å². The molecule has 0 heteroatoms. The van der Waals surface area contributed by atoms with Gasteiger partial charge in [0.1, 0.15) is 0 Å². The number of benzene rings is 1. The summed E-state index contributed by atoms with van der Waals surface area (Å²) in [5.74, 6) is 0.683. The van der Waals surface area contributed by atoms with Crippen LogP contribution < -0.4 is 0 Å². The largest absolute Gasteiger partial charge is 0.0888 e. The van der Waals surface area contributed by atoms with Crippen molar-refractivity contribution in [3.63, 3.8) is 0 Å². The third-order valence-corrected chi connectivity index (χ3v) is 3.40. The normalized spacial score (nSPS) is 13.2. The van der Waals surface area contributed by atoms with Gasteiger partial charge in [-0.1, -0.05) is 44.2 Å². The van der Waals surface area contributed by atoms with Crippen molar-refractivity contribution in [2.24, 2.45) is 0 Å². The van der Waals surface area contributed by atoms with Crippen molar-refractivity contribution in [3.05, 3.63) is 47.0 Å². The first kappa shape index (κ1) is 13.0. The molecular formula is C16H24. The summed E-state index contributed by atoms with van der Waals surface area (Å²) >= 11 is 0. The van der Waals surface area contributed by atoms with E-state index in [2.05, 4.69) is 58.0 Å². The van der Waals surface area contributed by atoms with Crippen LogP contribution in [0.25, 0.3) is 0 Å². The van der Waals surface area contributed by atoms with Crippen LogP contribution in [0.5, 0.6) is 0 Å². The molecule has 0 bridgehead atoms. The van der Waals surface area contributed by atoms with Crippen LogP contribution in [0.2, 0.25) is 0 Å². The molecule has 1 atom stereocenters. The first-order chi connectivity index (χ1) is 7.70. The quantitative estimate of drug-likeness (QED) is 0.597. The van der Waals surface area contributed by atoms with E-state index < -0.39 is 0 Å². The van der Waals surface area contributed by atoms with Crippen molar-refractivity contribution in [2.45, 2.75) is 52.9 Å². The molecule has 0 amide bonds. The highest BCUT2D eigenvalue weighted by Gasteiger charge is 2.10. The summed E-state index contributed by atoms with van der Waals surface area (Å²) in [5, 5.41) is 0. The number of hydrogen-bond donors (Lipinski definition) is 0. The Morgan fingerprint density at radius 2 is 1.88 bits per heavy atom. The predicted octanol–water partition coefficient (Wildman–Crippen LogP) is 5.15. The van der Waals surface area contributed by atoms with Crippen LogP contribution in [0.15, 0.2) is 30.4 Å². The average Bonchev–Trinajstić information content (AvgIpc) is 2.29. The molecular weight excluding hydrogens is 192 g/mol. The van der Waals surface area contributed by atoms with Gasteiger partial charge in [0.15, 0.2) is 0 Å². The zero-order valence-corrected chi connectivity index (χ0v) is 11.1. The average molecular weight is 216 g/mol.